The first-order valence-corrected chi connectivity index (χ1v) is 11.3. The molecule has 0 N–H and O–H groups in total. The molecule has 0 radical (unpaired) electrons. The van der Waals surface area contributed by atoms with Crippen LogP contribution in [-0.4, -0.2) is 24.6 Å². The molecule has 162 valence electrons. The van der Waals surface area contributed by atoms with Crippen molar-refractivity contribution in [1.29, 1.82) is 0 Å². The van der Waals surface area contributed by atoms with Crippen molar-refractivity contribution in [1.82, 2.24) is 0 Å². The minimum atomic E-state index is -0.520. The van der Waals surface area contributed by atoms with Crippen LogP contribution in [-0.2, 0) is 19.1 Å². The minimum Gasteiger partial charge on any atom is -0.460 e. The Morgan fingerprint density at radius 1 is 0.750 bits per heavy atom. The van der Waals surface area contributed by atoms with Crippen LogP contribution in [0.15, 0.2) is 24.3 Å². The van der Waals surface area contributed by atoms with E-state index in [1.807, 2.05) is 13.0 Å². The zero-order chi connectivity index (χ0) is 20.9. The predicted molar refractivity (Wildman–Crippen MR) is 116 cm³/mol. The smallest absolute Gasteiger partial charge is 0.331 e. The van der Waals surface area contributed by atoms with E-state index in [2.05, 4.69) is 19.9 Å². The molecule has 0 saturated carbocycles. The van der Waals surface area contributed by atoms with Gasteiger partial charge >= 0.3 is 11.9 Å². The summed E-state index contributed by atoms with van der Waals surface area (Å²) in [6.07, 6.45) is 21.6. The third-order valence-electron chi connectivity index (χ3n) is 4.60. The van der Waals surface area contributed by atoms with E-state index < -0.39 is 11.9 Å². The molecule has 1 atom stereocenters. The lowest BCUT2D eigenvalue weighted by molar-refractivity contribution is -0.143. The second kappa shape index (κ2) is 20.2. The normalized spacial score (nSPS) is 12.5. The van der Waals surface area contributed by atoms with Gasteiger partial charge in [0.05, 0.1) is 6.10 Å². The molecular weight excluding hydrogens is 352 g/mol. The summed E-state index contributed by atoms with van der Waals surface area (Å²) >= 11 is 0. The van der Waals surface area contributed by atoms with Crippen LogP contribution in [0, 0.1) is 0 Å². The van der Waals surface area contributed by atoms with Gasteiger partial charge in [-0.25, -0.2) is 9.59 Å². The molecule has 0 aliphatic carbocycles. The summed E-state index contributed by atoms with van der Waals surface area (Å²) in [5.41, 5.74) is 0. The van der Waals surface area contributed by atoms with E-state index in [4.69, 9.17) is 9.47 Å². The van der Waals surface area contributed by atoms with E-state index in [0.717, 1.165) is 37.8 Å². The van der Waals surface area contributed by atoms with Gasteiger partial charge in [-0.15, -0.1) is 0 Å². The third kappa shape index (κ3) is 19.2. The topological polar surface area (TPSA) is 52.6 Å². The monoisotopic (exact) mass is 394 g/mol. The van der Waals surface area contributed by atoms with Gasteiger partial charge in [0.25, 0.3) is 0 Å². The number of unbranched alkanes of at least 4 members (excludes halogenated alkanes) is 10. The molecule has 0 aliphatic rings. The molecular formula is C24H42O4. The van der Waals surface area contributed by atoms with E-state index in [9.17, 15) is 9.59 Å². The van der Waals surface area contributed by atoms with Crippen LogP contribution >= 0.6 is 0 Å². The SMILES string of the molecule is CCCCCCCCC/C=C/COC(=O)/C=C/C(=O)OC(C)CCCCCC. The maximum absolute atomic E-state index is 11.7. The standard InChI is InChI=1S/C24H42O4/c1-4-6-8-10-11-12-13-14-15-17-21-27-23(25)19-20-24(26)28-22(3)18-16-9-7-5-2/h15,17,19-20,22H,4-14,16,18,21H2,1-3H3/b17-15+,20-19+. The fourth-order valence-electron chi connectivity index (χ4n) is 2.87. The molecule has 0 rings (SSSR count). The number of carbonyl (C=O) groups is 2. The molecule has 0 fully saturated rings. The third-order valence-corrected chi connectivity index (χ3v) is 4.60. The number of carbonyl (C=O) groups excluding carboxylic acids is 2. The molecule has 0 aromatic carbocycles. The highest BCUT2D eigenvalue weighted by molar-refractivity contribution is 5.91. The number of rotatable bonds is 18. The highest BCUT2D eigenvalue weighted by Crippen LogP contribution is 2.09. The molecule has 0 amide bonds. The molecule has 0 aromatic heterocycles. The second-order valence-electron chi connectivity index (χ2n) is 7.44. The summed E-state index contributed by atoms with van der Waals surface area (Å²) in [5, 5.41) is 0. The molecule has 0 heterocycles. The Labute approximate surface area is 172 Å². The molecule has 1 unspecified atom stereocenters. The van der Waals surface area contributed by atoms with Crippen molar-refractivity contribution in [2.24, 2.45) is 0 Å². The van der Waals surface area contributed by atoms with Crippen molar-refractivity contribution in [3.8, 4) is 0 Å². The van der Waals surface area contributed by atoms with E-state index >= 15 is 0 Å². The average Bonchev–Trinajstić information content (AvgIpc) is 2.68. The summed E-state index contributed by atoms with van der Waals surface area (Å²) in [4.78, 5) is 23.3. The number of ether oxygens (including phenoxy) is 2. The van der Waals surface area contributed by atoms with E-state index in [0.29, 0.717) is 0 Å². The summed E-state index contributed by atoms with van der Waals surface area (Å²) in [5.74, 6) is -1.01. The molecule has 0 spiro atoms. The minimum absolute atomic E-state index is 0.125. The van der Waals surface area contributed by atoms with Crippen molar-refractivity contribution in [2.75, 3.05) is 6.61 Å². The van der Waals surface area contributed by atoms with Crippen LogP contribution < -0.4 is 0 Å². The molecule has 0 bridgehead atoms. The molecule has 4 heteroatoms. The quantitative estimate of drug-likeness (QED) is 0.112. The summed E-state index contributed by atoms with van der Waals surface area (Å²) in [6.45, 7) is 6.52. The lowest BCUT2D eigenvalue weighted by atomic mass is 10.1. The summed E-state index contributed by atoms with van der Waals surface area (Å²) in [6, 6.07) is 0. The number of hydrogen-bond acceptors (Lipinski definition) is 4. The molecule has 0 aliphatic heterocycles. The van der Waals surface area contributed by atoms with Gasteiger partial charge in [0.1, 0.15) is 6.61 Å². The Hall–Kier alpha value is -1.58. The predicted octanol–water partition coefficient (Wildman–Crippen LogP) is 6.68. The van der Waals surface area contributed by atoms with Gasteiger partial charge in [-0.3, -0.25) is 0 Å². The van der Waals surface area contributed by atoms with E-state index in [1.165, 1.54) is 57.8 Å². The number of hydrogen-bond donors (Lipinski definition) is 0. The van der Waals surface area contributed by atoms with Gasteiger partial charge in [-0.05, 0) is 32.6 Å². The maximum atomic E-state index is 11.7. The first-order chi connectivity index (χ1) is 13.6. The van der Waals surface area contributed by atoms with Crippen molar-refractivity contribution >= 4 is 11.9 Å². The molecule has 4 nitrogen and oxygen atoms in total. The zero-order valence-corrected chi connectivity index (χ0v) is 18.4. The van der Waals surface area contributed by atoms with Crippen LogP contribution in [0.2, 0.25) is 0 Å². The van der Waals surface area contributed by atoms with Crippen molar-refractivity contribution in [3.63, 3.8) is 0 Å². The Morgan fingerprint density at radius 3 is 2.00 bits per heavy atom. The van der Waals surface area contributed by atoms with Gasteiger partial charge < -0.3 is 9.47 Å². The zero-order valence-electron chi connectivity index (χ0n) is 18.4. The number of esters is 2. The van der Waals surface area contributed by atoms with Gasteiger partial charge in [0, 0.05) is 12.2 Å². The van der Waals surface area contributed by atoms with E-state index in [-0.39, 0.29) is 12.7 Å². The van der Waals surface area contributed by atoms with Crippen molar-refractivity contribution < 1.29 is 19.1 Å². The molecule has 28 heavy (non-hydrogen) atoms. The van der Waals surface area contributed by atoms with Gasteiger partial charge in [-0.2, -0.15) is 0 Å². The van der Waals surface area contributed by atoms with Crippen LogP contribution in [0.5, 0.6) is 0 Å². The fraction of sp³-hybridized carbons (Fsp3) is 0.750. The maximum Gasteiger partial charge on any atom is 0.331 e. The Bertz CT molecular complexity index is 440. The van der Waals surface area contributed by atoms with E-state index in [1.54, 1.807) is 0 Å². The Morgan fingerprint density at radius 2 is 1.32 bits per heavy atom. The summed E-state index contributed by atoms with van der Waals surface area (Å²) < 4.78 is 10.3. The van der Waals surface area contributed by atoms with Gasteiger partial charge in [0.15, 0.2) is 0 Å². The average molecular weight is 395 g/mol. The highest BCUT2D eigenvalue weighted by atomic mass is 16.5. The number of allylic oxidation sites excluding steroid dienone is 1. The van der Waals surface area contributed by atoms with Crippen LogP contribution in [0.1, 0.15) is 104 Å². The van der Waals surface area contributed by atoms with Crippen LogP contribution in [0.25, 0.3) is 0 Å². The van der Waals surface area contributed by atoms with Gasteiger partial charge in [0.2, 0.25) is 0 Å². The first-order valence-electron chi connectivity index (χ1n) is 11.3. The van der Waals surface area contributed by atoms with Crippen molar-refractivity contribution in [2.45, 2.75) is 110 Å². The second-order valence-corrected chi connectivity index (χ2v) is 7.44. The van der Waals surface area contributed by atoms with Gasteiger partial charge in [-0.1, -0.05) is 83.8 Å². The fourth-order valence-corrected chi connectivity index (χ4v) is 2.87. The van der Waals surface area contributed by atoms with Crippen LogP contribution in [0.4, 0.5) is 0 Å². The molecule has 0 saturated heterocycles. The largest absolute Gasteiger partial charge is 0.460 e. The highest BCUT2D eigenvalue weighted by Gasteiger charge is 2.07. The van der Waals surface area contributed by atoms with Crippen LogP contribution in [0.3, 0.4) is 0 Å². The van der Waals surface area contributed by atoms with Crippen molar-refractivity contribution in [3.05, 3.63) is 24.3 Å². The lowest BCUT2D eigenvalue weighted by Gasteiger charge is -2.11. The Kier molecular flexibility index (Phi) is 19.0. The summed E-state index contributed by atoms with van der Waals surface area (Å²) in [7, 11) is 0. The first kappa shape index (κ1) is 26.4. The molecule has 0 aromatic rings. The Balaban J connectivity index is 3.66. The lowest BCUT2D eigenvalue weighted by Crippen LogP contribution is -2.13.